The minimum absolute atomic E-state index is 0.190. The van der Waals surface area contributed by atoms with Crippen LogP contribution < -0.4 is 4.74 Å². The van der Waals surface area contributed by atoms with Gasteiger partial charge in [-0.05, 0) is 62.9 Å². The molecule has 4 nitrogen and oxygen atoms in total. The molecule has 3 aromatic rings. The van der Waals surface area contributed by atoms with Crippen LogP contribution in [0, 0.1) is 12.7 Å². The second-order valence-corrected chi connectivity index (χ2v) is 6.40. The summed E-state index contributed by atoms with van der Waals surface area (Å²) in [6.07, 6.45) is 0. The summed E-state index contributed by atoms with van der Waals surface area (Å²) in [5.74, 6) is 1.86. The maximum Gasteiger partial charge on any atom is 0.226 e. The minimum atomic E-state index is -0.274. The Morgan fingerprint density at radius 3 is 2.62 bits per heavy atom. The highest BCUT2D eigenvalue weighted by atomic mass is 19.1. The first-order valence-corrected chi connectivity index (χ1v) is 8.54. The largest absolute Gasteiger partial charge is 0.497 e. The zero-order chi connectivity index (χ0) is 18.7. The van der Waals surface area contributed by atoms with Crippen LogP contribution in [0.25, 0.3) is 11.5 Å². The number of aromatic nitrogens is 1. The SMILES string of the molecule is COc1cccc([C@@H](C)N(C)Cc2nc(-c3ccc(F)cc3)oc2C)c1. The molecular formula is C21H23FN2O2. The topological polar surface area (TPSA) is 38.5 Å². The van der Waals surface area contributed by atoms with Gasteiger partial charge < -0.3 is 9.15 Å². The Hall–Kier alpha value is -2.66. The first-order chi connectivity index (χ1) is 12.5. The van der Waals surface area contributed by atoms with Crippen LogP contribution in [0.15, 0.2) is 52.9 Å². The van der Waals surface area contributed by atoms with Crippen molar-refractivity contribution in [1.82, 2.24) is 9.88 Å². The van der Waals surface area contributed by atoms with Crippen molar-refractivity contribution in [3.8, 4) is 17.2 Å². The van der Waals surface area contributed by atoms with Gasteiger partial charge >= 0.3 is 0 Å². The van der Waals surface area contributed by atoms with Gasteiger partial charge in [-0.2, -0.15) is 0 Å². The number of oxazole rings is 1. The van der Waals surface area contributed by atoms with Crippen molar-refractivity contribution in [3.63, 3.8) is 0 Å². The fourth-order valence-corrected chi connectivity index (χ4v) is 2.82. The molecule has 0 aliphatic heterocycles. The van der Waals surface area contributed by atoms with Crippen LogP contribution in [0.3, 0.4) is 0 Å². The number of methoxy groups -OCH3 is 1. The molecule has 0 fully saturated rings. The summed E-state index contributed by atoms with van der Waals surface area (Å²) in [4.78, 5) is 6.81. The monoisotopic (exact) mass is 354 g/mol. The molecule has 0 radical (unpaired) electrons. The highest BCUT2D eigenvalue weighted by molar-refractivity contribution is 5.53. The second-order valence-electron chi connectivity index (χ2n) is 6.40. The number of rotatable bonds is 6. The van der Waals surface area contributed by atoms with Crippen molar-refractivity contribution in [2.45, 2.75) is 26.4 Å². The summed E-state index contributed by atoms with van der Waals surface area (Å²) < 4.78 is 24.2. The molecule has 0 amide bonds. The third kappa shape index (κ3) is 3.94. The van der Waals surface area contributed by atoms with Gasteiger partial charge in [-0.25, -0.2) is 9.37 Å². The molecule has 3 rings (SSSR count). The summed E-state index contributed by atoms with van der Waals surface area (Å²) >= 11 is 0. The van der Waals surface area contributed by atoms with E-state index in [2.05, 4.69) is 29.9 Å². The Kier molecular flexibility index (Phi) is 5.38. The average molecular weight is 354 g/mol. The van der Waals surface area contributed by atoms with Crippen LogP contribution in [-0.2, 0) is 6.54 Å². The van der Waals surface area contributed by atoms with E-state index in [-0.39, 0.29) is 11.9 Å². The van der Waals surface area contributed by atoms with Crippen molar-refractivity contribution in [3.05, 3.63) is 71.4 Å². The highest BCUT2D eigenvalue weighted by Crippen LogP contribution is 2.27. The molecule has 0 saturated heterocycles. The van der Waals surface area contributed by atoms with Crippen LogP contribution in [0.2, 0.25) is 0 Å². The second kappa shape index (κ2) is 7.70. The Labute approximate surface area is 153 Å². The molecule has 0 saturated carbocycles. The first-order valence-electron chi connectivity index (χ1n) is 8.54. The number of aryl methyl sites for hydroxylation is 1. The predicted molar refractivity (Wildman–Crippen MR) is 99.5 cm³/mol. The molecule has 1 atom stereocenters. The molecule has 0 aliphatic rings. The lowest BCUT2D eigenvalue weighted by Gasteiger charge is -2.24. The zero-order valence-corrected chi connectivity index (χ0v) is 15.5. The summed E-state index contributed by atoms with van der Waals surface area (Å²) in [6.45, 7) is 4.69. The minimum Gasteiger partial charge on any atom is -0.497 e. The molecule has 0 unspecified atom stereocenters. The first kappa shape index (κ1) is 18.1. The Bertz CT molecular complexity index is 874. The van der Waals surface area contributed by atoms with E-state index in [1.54, 1.807) is 19.2 Å². The van der Waals surface area contributed by atoms with Gasteiger partial charge in [0, 0.05) is 18.2 Å². The maximum atomic E-state index is 13.1. The van der Waals surface area contributed by atoms with E-state index >= 15 is 0 Å². The van der Waals surface area contributed by atoms with Gasteiger partial charge in [0.25, 0.3) is 0 Å². The molecule has 0 N–H and O–H groups in total. The number of hydrogen-bond acceptors (Lipinski definition) is 4. The molecule has 1 aromatic heterocycles. The van der Waals surface area contributed by atoms with Gasteiger partial charge in [-0.15, -0.1) is 0 Å². The third-order valence-electron chi connectivity index (χ3n) is 4.62. The van der Waals surface area contributed by atoms with Crippen molar-refractivity contribution in [1.29, 1.82) is 0 Å². The molecule has 0 spiro atoms. The number of benzene rings is 2. The van der Waals surface area contributed by atoms with E-state index in [1.165, 1.54) is 17.7 Å². The summed E-state index contributed by atoms with van der Waals surface area (Å²) in [5.41, 5.74) is 2.82. The third-order valence-corrected chi connectivity index (χ3v) is 4.62. The quantitative estimate of drug-likeness (QED) is 0.625. The summed E-state index contributed by atoms with van der Waals surface area (Å²) in [5, 5.41) is 0. The molecule has 0 aliphatic carbocycles. The van der Waals surface area contributed by atoms with Crippen LogP contribution in [-0.4, -0.2) is 24.0 Å². The normalized spacial score (nSPS) is 12.4. The van der Waals surface area contributed by atoms with Gasteiger partial charge in [0.1, 0.15) is 17.3 Å². The molecular weight excluding hydrogens is 331 g/mol. The Morgan fingerprint density at radius 1 is 1.19 bits per heavy atom. The Morgan fingerprint density at radius 2 is 1.92 bits per heavy atom. The van der Waals surface area contributed by atoms with Crippen molar-refractivity contribution < 1.29 is 13.5 Å². The molecule has 2 aromatic carbocycles. The summed E-state index contributed by atoms with van der Waals surface area (Å²) in [6, 6.07) is 14.4. The van der Waals surface area contributed by atoms with Crippen LogP contribution >= 0.6 is 0 Å². The van der Waals surface area contributed by atoms with E-state index in [0.717, 1.165) is 22.8 Å². The number of nitrogens with zero attached hydrogens (tertiary/aromatic N) is 2. The number of ether oxygens (including phenoxy) is 1. The van der Waals surface area contributed by atoms with Gasteiger partial charge in [-0.1, -0.05) is 12.1 Å². The standard InChI is InChI=1S/C21H23FN2O2/c1-14(17-6-5-7-19(12-17)25-4)24(3)13-20-15(2)26-21(23-20)16-8-10-18(22)11-9-16/h5-12,14H,13H2,1-4H3/t14-/m1/s1. The Balaban J connectivity index is 1.76. The van der Waals surface area contributed by atoms with Crippen LogP contribution in [0.1, 0.15) is 30.0 Å². The lowest BCUT2D eigenvalue weighted by molar-refractivity contribution is 0.248. The molecule has 0 bridgehead atoms. The van der Waals surface area contributed by atoms with Crippen LogP contribution in [0.5, 0.6) is 5.75 Å². The summed E-state index contributed by atoms with van der Waals surface area (Å²) in [7, 11) is 3.72. The van der Waals surface area contributed by atoms with Crippen molar-refractivity contribution in [2.75, 3.05) is 14.2 Å². The number of hydrogen-bond donors (Lipinski definition) is 0. The highest BCUT2D eigenvalue weighted by Gasteiger charge is 2.17. The van der Waals surface area contributed by atoms with Crippen molar-refractivity contribution >= 4 is 0 Å². The van der Waals surface area contributed by atoms with Gasteiger partial charge in [0.05, 0.1) is 12.8 Å². The van der Waals surface area contributed by atoms with Gasteiger partial charge in [0.2, 0.25) is 5.89 Å². The van der Waals surface area contributed by atoms with Crippen molar-refractivity contribution in [2.24, 2.45) is 0 Å². The maximum absolute atomic E-state index is 13.1. The van der Waals surface area contributed by atoms with Gasteiger partial charge in [0.15, 0.2) is 0 Å². The van der Waals surface area contributed by atoms with Crippen LogP contribution in [0.4, 0.5) is 4.39 Å². The predicted octanol–water partition coefficient (Wildman–Crippen LogP) is 4.99. The van der Waals surface area contributed by atoms with E-state index in [4.69, 9.17) is 9.15 Å². The molecule has 26 heavy (non-hydrogen) atoms. The van der Waals surface area contributed by atoms with E-state index < -0.39 is 0 Å². The van der Waals surface area contributed by atoms with E-state index in [1.807, 2.05) is 25.1 Å². The van der Waals surface area contributed by atoms with Gasteiger partial charge in [-0.3, -0.25) is 4.90 Å². The number of halogens is 1. The molecule has 1 heterocycles. The lowest BCUT2D eigenvalue weighted by Crippen LogP contribution is -2.22. The fraction of sp³-hybridized carbons (Fsp3) is 0.286. The smallest absolute Gasteiger partial charge is 0.226 e. The zero-order valence-electron chi connectivity index (χ0n) is 15.5. The van der Waals surface area contributed by atoms with E-state index in [0.29, 0.717) is 12.4 Å². The van der Waals surface area contributed by atoms with E-state index in [9.17, 15) is 4.39 Å². The molecule has 5 heteroatoms. The fourth-order valence-electron chi connectivity index (χ4n) is 2.82. The average Bonchev–Trinajstić information content (AvgIpc) is 3.02. The lowest BCUT2D eigenvalue weighted by atomic mass is 10.1. The molecule has 136 valence electrons.